The molecule has 4 N–H and O–H groups in total. The zero-order valence-electron chi connectivity index (χ0n) is 16.0. The summed E-state index contributed by atoms with van der Waals surface area (Å²) in [6.07, 6.45) is 3.07. The molecule has 4 rings (SSSR count). The van der Waals surface area contributed by atoms with Gasteiger partial charge < -0.3 is 20.4 Å². The fourth-order valence-electron chi connectivity index (χ4n) is 7.25. The normalized spacial score (nSPS) is 51.9. The SMILES string of the molecule is C[C@@]12C(=CC(=O)C[C@H]1O)CC[C@@H]1[C@@H]2CC[C@@]2(C)[C@H]1C[C@@H](O)[C@]2(O)C(=O)CO. The molecule has 4 aliphatic carbocycles. The van der Waals surface area contributed by atoms with Gasteiger partial charge in [-0.25, -0.2) is 0 Å². The van der Waals surface area contributed by atoms with Gasteiger partial charge in [0.05, 0.1) is 12.2 Å². The van der Waals surface area contributed by atoms with Crippen molar-refractivity contribution >= 4 is 11.6 Å². The fourth-order valence-corrected chi connectivity index (χ4v) is 7.25. The Bertz CT molecular complexity index is 715. The van der Waals surface area contributed by atoms with E-state index >= 15 is 0 Å². The number of Topliss-reactive ketones (excluding diaryl/α,β-unsaturated/α-hetero) is 1. The van der Waals surface area contributed by atoms with Crippen molar-refractivity contribution in [2.24, 2.45) is 28.6 Å². The number of aliphatic hydroxyl groups excluding tert-OH is 3. The first-order valence-corrected chi connectivity index (χ1v) is 10.1. The largest absolute Gasteiger partial charge is 0.392 e. The third kappa shape index (κ3) is 2.21. The highest BCUT2D eigenvalue weighted by molar-refractivity contribution is 5.92. The number of rotatable bonds is 2. The highest BCUT2D eigenvalue weighted by Gasteiger charge is 2.70. The van der Waals surface area contributed by atoms with E-state index in [0.717, 1.165) is 18.4 Å². The molecule has 0 aromatic rings. The summed E-state index contributed by atoms with van der Waals surface area (Å²) in [7, 11) is 0. The number of hydrogen-bond donors (Lipinski definition) is 4. The molecule has 3 fully saturated rings. The molecule has 8 atom stereocenters. The Balaban J connectivity index is 1.74. The third-order valence-electron chi connectivity index (χ3n) is 8.86. The van der Waals surface area contributed by atoms with E-state index in [-0.39, 0.29) is 30.0 Å². The van der Waals surface area contributed by atoms with E-state index in [1.165, 1.54) is 0 Å². The van der Waals surface area contributed by atoms with Crippen LogP contribution in [0.2, 0.25) is 0 Å². The predicted octanol–water partition coefficient (Wildman–Crippen LogP) is 0.752. The molecule has 0 bridgehead atoms. The molecule has 0 unspecified atom stereocenters. The zero-order valence-corrected chi connectivity index (χ0v) is 16.0. The van der Waals surface area contributed by atoms with E-state index in [0.29, 0.717) is 19.3 Å². The van der Waals surface area contributed by atoms with Gasteiger partial charge in [-0.3, -0.25) is 9.59 Å². The molecule has 4 aliphatic rings. The highest BCUT2D eigenvalue weighted by atomic mass is 16.4. The highest BCUT2D eigenvalue weighted by Crippen LogP contribution is 2.67. The molecule has 0 amide bonds. The van der Waals surface area contributed by atoms with Gasteiger partial charge in [0.15, 0.2) is 17.2 Å². The van der Waals surface area contributed by atoms with Gasteiger partial charge in [-0.1, -0.05) is 19.4 Å². The molecule has 150 valence electrons. The Labute approximate surface area is 159 Å². The van der Waals surface area contributed by atoms with Crippen molar-refractivity contribution in [2.45, 2.75) is 70.2 Å². The van der Waals surface area contributed by atoms with E-state index in [1.54, 1.807) is 6.08 Å². The summed E-state index contributed by atoms with van der Waals surface area (Å²) in [5, 5.41) is 42.0. The number of hydrogen-bond acceptors (Lipinski definition) is 6. The van der Waals surface area contributed by atoms with E-state index in [1.807, 2.05) is 13.8 Å². The van der Waals surface area contributed by atoms with Gasteiger partial charge >= 0.3 is 0 Å². The first kappa shape index (κ1) is 19.2. The molecule has 27 heavy (non-hydrogen) atoms. The Morgan fingerprint density at radius 3 is 2.56 bits per heavy atom. The van der Waals surface area contributed by atoms with Crippen LogP contribution in [0.15, 0.2) is 11.6 Å². The van der Waals surface area contributed by atoms with Gasteiger partial charge in [-0.15, -0.1) is 0 Å². The summed E-state index contributed by atoms with van der Waals surface area (Å²) in [4.78, 5) is 24.3. The maximum atomic E-state index is 12.4. The van der Waals surface area contributed by atoms with Crippen LogP contribution in [-0.2, 0) is 9.59 Å². The van der Waals surface area contributed by atoms with Crippen molar-refractivity contribution in [3.8, 4) is 0 Å². The smallest absolute Gasteiger partial charge is 0.192 e. The second kappa shape index (κ2) is 5.96. The summed E-state index contributed by atoms with van der Waals surface area (Å²) in [5.41, 5.74) is -2.16. The van der Waals surface area contributed by atoms with Gasteiger partial charge in [0.1, 0.15) is 6.61 Å². The van der Waals surface area contributed by atoms with E-state index in [9.17, 15) is 30.0 Å². The van der Waals surface area contributed by atoms with Crippen LogP contribution in [0, 0.1) is 28.6 Å². The molecule has 0 aromatic heterocycles. The summed E-state index contributed by atoms with van der Waals surface area (Å²) in [6.45, 7) is 3.13. The fraction of sp³-hybridized carbons (Fsp3) is 0.810. The predicted molar refractivity (Wildman–Crippen MR) is 96.5 cm³/mol. The van der Waals surface area contributed by atoms with Gasteiger partial charge in [-0.05, 0) is 55.9 Å². The quantitative estimate of drug-likeness (QED) is 0.564. The van der Waals surface area contributed by atoms with Crippen molar-refractivity contribution < 1.29 is 30.0 Å². The van der Waals surface area contributed by atoms with Crippen LogP contribution >= 0.6 is 0 Å². The maximum absolute atomic E-state index is 12.4. The van der Waals surface area contributed by atoms with Gasteiger partial charge in [-0.2, -0.15) is 0 Å². The Morgan fingerprint density at radius 2 is 1.89 bits per heavy atom. The van der Waals surface area contributed by atoms with E-state index in [4.69, 9.17) is 0 Å². The second-order valence-corrected chi connectivity index (χ2v) is 9.61. The molecule has 3 saturated carbocycles. The van der Waals surface area contributed by atoms with Crippen molar-refractivity contribution in [3.63, 3.8) is 0 Å². The molecule has 0 aliphatic heterocycles. The van der Waals surface area contributed by atoms with Crippen LogP contribution in [0.1, 0.15) is 52.4 Å². The molecule has 0 aromatic carbocycles. The Hall–Kier alpha value is -1.08. The minimum absolute atomic E-state index is 0.0201. The van der Waals surface area contributed by atoms with E-state index < -0.39 is 41.0 Å². The molecule has 0 radical (unpaired) electrons. The van der Waals surface area contributed by atoms with Crippen molar-refractivity contribution in [1.82, 2.24) is 0 Å². The standard InChI is InChI=1S/C21H30O6/c1-19-6-5-14-13(15(19)9-17(25)21(19,27)18(26)10-22)4-3-11-7-12(23)8-16(24)20(11,14)2/h7,13-17,22,24-25,27H,3-6,8-10H2,1-2H3/t13-,14+,15+,16-,17-,19+,20+,21+/m1/s1. The molecule has 0 heterocycles. The average molecular weight is 378 g/mol. The zero-order chi connectivity index (χ0) is 19.8. The van der Waals surface area contributed by atoms with Crippen LogP contribution in [-0.4, -0.2) is 56.4 Å². The topological polar surface area (TPSA) is 115 Å². The lowest BCUT2D eigenvalue weighted by Gasteiger charge is -2.59. The minimum atomic E-state index is -1.92. The minimum Gasteiger partial charge on any atom is -0.392 e. The third-order valence-corrected chi connectivity index (χ3v) is 8.86. The number of aliphatic hydroxyl groups is 4. The molecular weight excluding hydrogens is 348 g/mol. The van der Waals surface area contributed by atoms with E-state index in [2.05, 4.69) is 0 Å². The second-order valence-electron chi connectivity index (χ2n) is 9.61. The molecule has 0 saturated heterocycles. The first-order chi connectivity index (χ1) is 12.6. The summed E-state index contributed by atoms with van der Waals surface area (Å²) in [6, 6.07) is 0. The molecule has 6 heteroatoms. The van der Waals surface area contributed by atoms with Crippen LogP contribution in [0.4, 0.5) is 0 Å². The van der Waals surface area contributed by atoms with Gasteiger partial charge in [0, 0.05) is 17.3 Å². The summed E-state index contributed by atoms with van der Waals surface area (Å²) in [5.74, 6) is -0.478. The summed E-state index contributed by atoms with van der Waals surface area (Å²) < 4.78 is 0. The van der Waals surface area contributed by atoms with Crippen molar-refractivity contribution in [1.29, 1.82) is 0 Å². The van der Waals surface area contributed by atoms with Crippen molar-refractivity contribution in [2.75, 3.05) is 6.61 Å². The van der Waals surface area contributed by atoms with Crippen LogP contribution in [0.25, 0.3) is 0 Å². The summed E-state index contributed by atoms with van der Waals surface area (Å²) >= 11 is 0. The number of carbonyl (C=O) groups is 2. The van der Waals surface area contributed by atoms with Crippen LogP contribution in [0.3, 0.4) is 0 Å². The Kier molecular flexibility index (Phi) is 4.25. The van der Waals surface area contributed by atoms with Crippen LogP contribution < -0.4 is 0 Å². The average Bonchev–Trinajstić information content (AvgIpc) is 2.83. The van der Waals surface area contributed by atoms with Gasteiger partial charge in [0.2, 0.25) is 0 Å². The van der Waals surface area contributed by atoms with Gasteiger partial charge in [0.25, 0.3) is 0 Å². The lowest BCUT2D eigenvalue weighted by atomic mass is 9.45. The van der Waals surface area contributed by atoms with Crippen LogP contribution in [0.5, 0.6) is 0 Å². The maximum Gasteiger partial charge on any atom is 0.192 e. The number of ketones is 2. The molecular formula is C21H30O6. The molecule has 6 nitrogen and oxygen atoms in total. The number of carbonyl (C=O) groups excluding carboxylic acids is 2. The lowest BCUT2D eigenvalue weighted by molar-refractivity contribution is -0.180. The molecule has 0 spiro atoms. The van der Waals surface area contributed by atoms with Crippen molar-refractivity contribution in [3.05, 3.63) is 11.6 Å². The lowest BCUT2D eigenvalue weighted by Crippen LogP contribution is -2.62. The Morgan fingerprint density at radius 1 is 1.19 bits per heavy atom. The first-order valence-electron chi connectivity index (χ1n) is 10.1. The number of fused-ring (bicyclic) bond motifs is 5. The monoisotopic (exact) mass is 378 g/mol.